The number of anilines is 1. The van der Waals surface area contributed by atoms with Crippen molar-refractivity contribution in [1.29, 1.82) is 5.26 Å². The molecule has 0 unspecified atom stereocenters. The third kappa shape index (κ3) is 4.87. The number of fused-ring (bicyclic) bond motifs is 1. The molecule has 0 aliphatic carbocycles. The molecule has 0 fully saturated rings. The number of hydrogen-bond donors (Lipinski definition) is 1. The van der Waals surface area contributed by atoms with Crippen LogP contribution in [0.5, 0.6) is 0 Å². The van der Waals surface area contributed by atoms with Crippen LogP contribution in [0.1, 0.15) is 26.0 Å². The number of carbonyl (C=O) groups excluding carboxylic acids is 2. The minimum absolute atomic E-state index is 0.0119. The van der Waals surface area contributed by atoms with E-state index in [4.69, 9.17) is 20.5 Å². The van der Waals surface area contributed by atoms with Gasteiger partial charge in [0.1, 0.15) is 11.6 Å². The minimum atomic E-state index is -0.403. The highest BCUT2D eigenvalue weighted by Crippen LogP contribution is 2.16. The van der Waals surface area contributed by atoms with E-state index in [1.807, 2.05) is 6.07 Å². The van der Waals surface area contributed by atoms with E-state index in [0.29, 0.717) is 24.1 Å². The molecule has 10 nitrogen and oxygen atoms in total. The van der Waals surface area contributed by atoms with Crippen molar-refractivity contribution in [2.24, 2.45) is 5.92 Å². The molecule has 25 heavy (non-hydrogen) atoms. The van der Waals surface area contributed by atoms with Gasteiger partial charge >= 0.3 is 11.9 Å². The predicted molar refractivity (Wildman–Crippen MR) is 85.8 cm³/mol. The summed E-state index contributed by atoms with van der Waals surface area (Å²) in [5, 5.41) is 9.09. The zero-order chi connectivity index (χ0) is 18.4. The first-order valence-electron chi connectivity index (χ1n) is 7.56. The SMILES string of the molecule is CC(=O)OCC(CCn1cnc2c(C#N)nc(N)nc21)COC(C)=O. The molecule has 132 valence electrons. The molecular formula is C15H18N6O4. The van der Waals surface area contributed by atoms with Crippen molar-refractivity contribution in [1.82, 2.24) is 19.5 Å². The molecule has 0 amide bonds. The molecule has 0 radical (unpaired) electrons. The van der Waals surface area contributed by atoms with Crippen LogP contribution in [0.4, 0.5) is 5.95 Å². The van der Waals surface area contributed by atoms with Crippen molar-refractivity contribution in [2.75, 3.05) is 18.9 Å². The molecule has 0 bridgehead atoms. The summed E-state index contributed by atoms with van der Waals surface area (Å²) < 4.78 is 11.7. The lowest BCUT2D eigenvalue weighted by molar-refractivity contribution is -0.146. The predicted octanol–water partition coefficient (Wildman–Crippen LogP) is 0.413. The highest BCUT2D eigenvalue weighted by molar-refractivity contribution is 5.77. The second-order valence-corrected chi connectivity index (χ2v) is 5.41. The number of esters is 2. The summed E-state index contributed by atoms with van der Waals surface area (Å²) in [5.74, 6) is -0.998. The van der Waals surface area contributed by atoms with Crippen molar-refractivity contribution >= 4 is 29.1 Å². The fraction of sp³-hybridized carbons (Fsp3) is 0.467. The van der Waals surface area contributed by atoms with Gasteiger partial charge in [-0.05, 0) is 6.42 Å². The number of rotatable bonds is 7. The summed E-state index contributed by atoms with van der Waals surface area (Å²) in [5.41, 5.74) is 6.54. The van der Waals surface area contributed by atoms with E-state index in [-0.39, 0.29) is 30.8 Å². The van der Waals surface area contributed by atoms with Crippen LogP contribution in [0, 0.1) is 17.2 Å². The zero-order valence-electron chi connectivity index (χ0n) is 13.9. The number of nitrogens with two attached hydrogens (primary N) is 1. The molecule has 2 rings (SSSR count). The van der Waals surface area contributed by atoms with Crippen molar-refractivity contribution in [3.8, 4) is 6.07 Å². The standard InChI is InChI=1S/C15H18N6O4/c1-9(22)24-6-11(7-25-10(2)23)3-4-21-8-18-13-12(5-16)19-15(17)20-14(13)21/h8,11H,3-4,6-7H2,1-2H3,(H2,17,19,20). The molecule has 10 heteroatoms. The first kappa shape index (κ1) is 18.1. The van der Waals surface area contributed by atoms with Gasteiger partial charge in [-0.1, -0.05) is 0 Å². The Morgan fingerprint density at radius 1 is 1.28 bits per heavy atom. The molecule has 0 aliphatic heterocycles. The monoisotopic (exact) mass is 346 g/mol. The summed E-state index contributed by atoms with van der Waals surface area (Å²) in [6, 6.07) is 1.93. The Hall–Kier alpha value is -3.22. The van der Waals surface area contributed by atoms with Gasteiger partial charge < -0.3 is 19.8 Å². The van der Waals surface area contributed by atoms with E-state index >= 15 is 0 Å². The number of aromatic nitrogens is 4. The first-order chi connectivity index (χ1) is 11.9. The molecule has 2 heterocycles. The van der Waals surface area contributed by atoms with Crippen LogP contribution >= 0.6 is 0 Å². The third-order valence-corrected chi connectivity index (χ3v) is 3.41. The Morgan fingerprint density at radius 3 is 2.48 bits per heavy atom. The van der Waals surface area contributed by atoms with E-state index in [1.54, 1.807) is 4.57 Å². The van der Waals surface area contributed by atoms with Crippen LogP contribution in [0.15, 0.2) is 6.33 Å². The Kier molecular flexibility index (Phi) is 5.84. The van der Waals surface area contributed by atoms with E-state index in [9.17, 15) is 9.59 Å². The average molecular weight is 346 g/mol. The maximum atomic E-state index is 11.0. The molecular weight excluding hydrogens is 328 g/mol. The molecule has 0 saturated carbocycles. The van der Waals surface area contributed by atoms with Gasteiger partial charge in [0.15, 0.2) is 11.3 Å². The van der Waals surface area contributed by atoms with Crippen LogP contribution in [-0.2, 0) is 25.6 Å². The van der Waals surface area contributed by atoms with Crippen LogP contribution in [0.2, 0.25) is 0 Å². The van der Waals surface area contributed by atoms with Gasteiger partial charge in [-0.3, -0.25) is 9.59 Å². The van der Waals surface area contributed by atoms with Gasteiger partial charge in [0.05, 0.1) is 19.5 Å². The second-order valence-electron chi connectivity index (χ2n) is 5.41. The van der Waals surface area contributed by atoms with E-state index in [2.05, 4.69) is 15.0 Å². The number of carbonyl (C=O) groups is 2. The highest BCUT2D eigenvalue weighted by Gasteiger charge is 2.16. The molecule has 2 N–H and O–H groups in total. The number of nitriles is 1. The molecule has 2 aromatic heterocycles. The Morgan fingerprint density at radius 2 is 1.92 bits per heavy atom. The number of ether oxygens (including phenoxy) is 2. The molecule has 0 aliphatic rings. The quantitative estimate of drug-likeness (QED) is 0.704. The lowest BCUT2D eigenvalue weighted by Crippen LogP contribution is -2.21. The maximum Gasteiger partial charge on any atom is 0.302 e. The summed E-state index contributed by atoms with van der Waals surface area (Å²) in [4.78, 5) is 34.1. The number of nitrogens with zero attached hydrogens (tertiary/aromatic N) is 5. The smallest absolute Gasteiger partial charge is 0.302 e. The van der Waals surface area contributed by atoms with Gasteiger partial charge in [0, 0.05) is 26.3 Å². The van der Waals surface area contributed by atoms with Crippen molar-refractivity contribution < 1.29 is 19.1 Å². The number of imidazole rings is 1. The van der Waals surface area contributed by atoms with Gasteiger partial charge in [-0.2, -0.15) is 15.2 Å². The number of hydrogen-bond acceptors (Lipinski definition) is 9. The molecule has 0 atom stereocenters. The van der Waals surface area contributed by atoms with E-state index < -0.39 is 11.9 Å². The van der Waals surface area contributed by atoms with Gasteiger partial charge in [-0.15, -0.1) is 0 Å². The average Bonchev–Trinajstić information content (AvgIpc) is 2.95. The van der Waals surface area contributed by atoms with Crippen LogP contribution in [-0.4, -0.2) is 44.7 Å². The van der Waals surface area contributed by atoms with Crippen LogP contribution < -0.4 is 5.73 Å². The Labute approximate surface area is 143 Å². The summed E-state index contributed by atoms with van der Waals surface area (Å²) in [6.45, 7) is 3.36. The second kappa shape index (κ2) is 8.05. The normalized spacial score (nSPS) is 10.6. The van der Waals surface area contributed by atoms with E-state index in [0.717, 1.165) is 0 Å². The lowest BCUT2D eigenvalue weighted by Gasteiger charge is -2.16. The fourth-order valence-electron chi connectivity index (χ4n) is 2.21. The van der Waals surface area contributed by atoms with Crippen molar-refractivity contribution in [3.63, 3.8) is 0 Å². The summed E-state index contributed by atoms with van der Waals surface area (Å²) in [7, 11) is 0. The number of nitrogen functional groups attached to an aromatic ring is 1. The van der Waals surface area contributed by atoms with Crippen LogP contribution in [0.25, 0.3) is 11.2 Å². The fourth-order valence-corrected chi connectivity index (χ4v) is 2.21. The van der Waals surface area contributed by atoms with Gasteiger partial charge in [-0.25, -0.2) is 4.98 Å². The lowest BCUT2D eigenvalue weighted by atomic mass is 10.1. The summed E-state index contributed by atoms with van der Waals surface area (Å²) >= 11 is 0. The zero-order valence-corrected chi connectivity index (χ0v) is 13.9. The Bertz CT molecular complexity index is 807. The molecule has 0 saturated heterocycles. The molecule has 0 aromatic carbocycles. The van der Waals surface area contributed by atoms with Crippen molar-refractivity contribution in [2.45, 2.75) is 26.8 Å². The summed E-state index contributed by atoms with van der Waals surface area (Å²) in [6.07, 6.45) is 2.08. The Balaban J connectivity index is 2.12. The molecule has 2 aromatic rings. The maximum absolute atomic E-state index is 11.0. The van der Waals surface area contributed by atoms with Crippen molar-refractivity contribution in [3.05, 3.63) is 12.0 Å². The highest BCUT2D eigenvalue weighted by atomic mass is 16.5. The first-order valence-corrected chi connectivity index (χ1v) is 7.56. The van der Waals surface area contributed by atoms with Crippen LogP contribution in [0.3, 0.4) is 0 Å². The minimum Gasteiger partial charge on any atom is -0.465 e. The number of aryl methyl sites for hydroxylation is 1. The largest absolute Gasteiger partial charge is 0.465 e. The topological polar surface area (TPSA) is 146 Å². The van der Waals surface area contributed by atoms with E-state index in [1.165, 1.54) is 20.2 Å². The van der Waals surface area contributed by atoms with Gasteiger partial charge in [0.2, 0.25) is 5.95 Å². The van der Waals surface area contributed by atoms with Gasteiger partial charge in [0.25, 0.3) is 0 Å². The third-order valence-electron chi connectivity index (χ3n) is 3.41. The molecule has 0 spiro atoms.